The Labute approximate surface area is 235 Å². The zero-order chi connectivity index (χ0) is 29.2. The van der Waals surface area contributed by atoms with Crippen molar-refractivity contribution in [1.82, 2.24) is 5.32 Å². The molecule has 41 heavy (non-hydrogen) atoms. The van der Waals surface area contributed by atoms with Crippen molar-refractivity contribution in [2.75, 3.05) is 0 Å². The predicted molar refractivity (Wildman–Crippen MR) is 146 cm³/mol. The Morgan fingerprint density at radius 1 is 0.707 bits per heavy atom. The van der Waals surface area contributed by atoms with E-state index in [1.807, 2.05) is 60.7 Å². The molecule has 1 amide bonds. The van der Waals surface area contributed by atoms with Gasteiger partial charge in [0.1, 0.15) is 19.3 Å². The zero-order valence-electron chi connectivity index (χ0n) is 21.9. The average molecular weight is 564 g/mol. The molecule has 1 atom stereocenters. The normalized spacial score (nSPS) is 11.9. The number of nitrogens with one attached hydrogen (secondary N) is 1. The lowest BCUT2D eigenvalue weighted by atomic mass is 10.0. The van der Waals surface area contributed by atoms with Crippen LogP contribution in [0.5, 0.6) is 11.5 Å². The Morgan fingerprint density at radius 3 is 1.88 bits per heavy atom. The number of aliphatic carboxylic acids is 1. The lowest BCUT2D eigenvalue weighted by Gasteiger charge is -2.18. The summed E-state index contributed by atoms with van der Waals surface area (Å²) >= 11 is 0. The molecule has 0 aliphatic rings. The first kappa shape index (κ1) is 29.2. The smallest absolute Gasteiger partial charge is 0.416 e. The topological polar surface area (TPSA) is 84.9 Å². The molecule has 0 saturated carbocycles. The van der Waals surface area contributed by atoms with Gasteiger partial charge in [-0.25, -0.2) is 4.79 Å². The SMILES string of the molecule is O=C(Cc1cccc(C(F)(F)F)c1)N[C@H](Cc1ccc(OCc2ccccc2)c(OCc2ccccc2)c1)C(=O)O. The minimum Gasteiger partial charge on any atom is -0.485 e. The molecule has 9 heteroatoms. The van der Waals surface area contributed by atoms with Gasteiger partial charge in [-0.2, -0.15) is 13.2 Å². The average Bonchev–Trinajstić information content (AvgIpc) is 2.96. The van der Waals surface area contributed by atoms with Crippen molar-refractivity contribution < 1.29 is 37.3 Å². The second-order valence-electron chi connectivity index (χ2n) is 9.37. The van der Waals surface area contributed by atoms with E-state index in [1.165, 1.54) is 12.1 Å². The highest BCUT2D eigenvalue weighted by Gasteiger charge is 2.30. The molecule has 0 unspecified atom stereocenters. The van der Waals surface area contributed by atoms with Crippen molar-refractivity contribution >= 4 is 11.9 Å². The van der Waals surface area contributed by atoms with Crippen LogP contribution in [0.15, 0.2) is 103 Å². The molecule has 0 fully saturated rings. The number of alkyl halides is 3. The largest absolute Gasteiger partial charge is 0.485 e. The van der Waals surface area contributed by atoms with Gasteiger partial charge in [0.2, 0.25) is 5.91 Å². The lowest BCUT2D eigenvalue weighted by molar-refractivity contribution is -0.141. The third-order valence-electron chi connectivity index (χ3n) is 6.17. The van der Waals surface area contributed by atoms with E-state index >= 15 is 0 Å². The fourth-order valence-corrected chi connectivity index (χ4v) is 4.11. The van der Waals surface area contributed by atoms with E-state index in [2.05, 4.69) is 5.32 Å². The van der Waals surface area contributed by atoms with Crippen LogP contribution in [0.1, 0.15) is 27.8 Å². The zero-order valence-corrected chi connectivity index (χ0v) is 21.9. The maximum Gasteiger partial charge on any atom is 0.416 e. The molecule has 0 aliphatic heterocycles. The van der Waals surface area contributed by atoms with E-state index in [-0.39, 0.29) is 18.6 Å². The predicted octanol–water partition coefficient (Wildman–Crippen LogP) is 6.22. The summed E-state index contributed by atoms with van der Waals surface area (Å²) in [5.41, 5.74) is 1.69. The number of hydrogen-bond donors (Lipinski definition) is 2. The Hall–Kier alpha value is -4.79. The van der Waals surface area contributed by atoms with Crippen LogP contribution in [0.25, 0.3) is 0 Å². The van der Waals surface area contributed by atoms with E-state index in [1.54, 1.807) is 18.2 Å². The van der Waals surface area contributed by atoms with Crippen molar-refractivity contribution in [3.63, 3.8) is 0 Å². The molecule has 0 aromatic heterocycles. The van der Waals surface area contributed by atoms with Crippen LogP contribution in [-0.2, 0) is 41.8 Å². The number of halogens is 3. The third-order valence-corrected chi connectivity index (χ3v) is 6.17. The van der Waals surface area contributed by atoms with Gasteiger partial charge in [0, 0.05) is 6.42 Å². The van der Waals surface area contributed by atoms with Crippen LogP contribution >= 0.6 is 0 Å². The van der Waals surface area contributed by atoms with Gasteiger partial charge in [-0.3, -0.25) is 4.79 Å². The van der Waals surface area contributed by atoms with Gasteiger partial charge in [-0.15, -0.1) is 0 Å². The summed E-state index contributed by atoms with van der Waals surface area (Å²) in [6.07, 6.45) is -5.02. The summed E-state index contributed by atoms with van der Waals surface area (Å²) in [5.74, 6) is -1.12. The highest BCUT2D eigenvalue weighted by atomic mass is 19.4. The van der Waals surface area contributed by atoms with Crippen LogP contribution < -0.4 is 14.8 Å². The van der Waals surface area contributed by atoms with Crippen LogP contribution in [0.3, 0.4) is 0 Å². The van der Waals surface area contributed by atoms with Crippen LogP contribution in [0, 0.1) is 0 Å². The lowest BCUT2D eigenvalue weighted by Crippen LogP contribution is -2.43. The quantitative estimate of drug-likeness (QED) is 0.214. The molecule has 0 spiro atoms. The Bertz CT molecular complexity index is 1460. The summed E-state index contributed by atoms with van der Waals surface area (Å²) in [5, 5.41) is 12.2. The van der Waals surface area contributed by atoms with E-state index in [0.717, 1.165) is 23.3 Å². The maximum absolute atomic E-state index is 13.0. The number of amides is 1. The Morgan fingerprint density at radius 2 is 1.29 bits per heavy atom. The number of carbonyl (C=O) groups is 2. The fraction of sp³-hybridized carbons (Fsp3) is 0.188. The van der Waals surface area contributed by atoms with Gasteiger partial charge in [-0.05, 0) is 40.5 Å². The molecule has 2 N–H and O–H groups in total. The summed E-state index contributed by atoms with van der Waals surface area (Å²) in [7, 11) is 0. The molecular formula is C32H28F3NO5. The molecule has 0 bridgehead atoms. The molecule has 0 heterocycles. The Balaban J connectivity index is 1.47. The minimum absolute atomic E-state index is 0.0790. The van der Waals surface area contributed by atoms with Crippen LogP contribution in [0.4, 0.5) is 13.2 Å². The minimum atomic E-state index is -4.55. The van der Waals surface area contributed by atoms with Gasteiger partial charge in [-0.1, -0.05) is 84.9 Å². The summed E-state index contributed by atoms with van der Waals surface area (Å²) in [6, 6.07) is 27.2. The Kier molecular flexibility index (Phi) is 9.63. The standard InChI is InChI=1S/C32H28F3NO5/c33-32(34,35)26-13-7-12-24(16-26)19-30(37)36-27(31(38)39)17-25-14-15-28(40-20-22-8-3-1-4-9-22)29(18-25)41-21-23-10-5-2-6-11-23/h1-16,18,27H,17,19-21H2,(H,36,37)(H,38,39)/t27-/m1/s1. The summed E-state index contributed by atoms with van der Waals surface area (Å²) < 4.78 is 51.1. The van der Waals surface area contributed by atoms with Gasteiger partial charge in [0.15, 0.2) is 11.5 Å². The first-order valence-electron chi connectivity index (χ1n) is 12.8. The first-order chi connectivity index (χ1) is 19.7. The second kappa shape index (κ2) is 13.5. The maximum atomic E-state index is 13.0. The number of carbonyl (C=O) groups excluding carboxylic acids is 1. The molecule has 0 aliphatic carbocycles. The molecule has 0 radical (unpaired) electrons. The van der Waals surface area contributed by atoms with E-state index in [0.29, 0.717) is 23.7 Å². The number of carboxylic acids is 1. The van der Waals surface area contributed by atoms with Crippen molar-refractivity contribution in [2.45, 2.75) is 38.3 Å². The molecule has 4 aromatic carbocycles. The van der Waals surface area contributed by atoms with E-state index in [9.17, 15) is 27.9 Å². The fourth-order valence-electron chi connectivity index (χ4n) is 4.11. The van der Waals surface area contributed by atoms with Crippen molar-refractivity contribution in [1.29, 1.82) is 0 Å². The second-order valence-corrected chi connectivity index (χ2v) is 9.37. The molecule has 4 aromatic rings. The highest BCUT2D eigenvalue weighted by Crippen LogP contribution is 2.31. The monoisotopic (exact) mass is 563 g/mol. The van der Waals surface area contributed by atoms with Crippen LogP contribution in [-0.4, -0.2) is 23.0 Å². The number of benzene rings is 4. The molecular weight excluding hydrogens is 535 g/mol. The third kappa shape index (κ3) is 8.86. The van der Waals surface area contributed by atoms with Crippen molar-refractivity contribution in [3.8, 4) is 11.5 Å². The number of ether oxygens (including phenoxy) is 2. The van der Waals surface area contributed by atoms with Gasteiger partial charge < -0.3 is 19.9 Å². The first-order valence-corrected chi connectivity index (χ1v) is 12.8. The van der Waals surface area contributed by atoms with Gasteiger partial charge >= 0.3 is 12.1 Å². The number of rotatable bonds is 12. The number of carboxylic acid groups (broad SMARTS) is 1. The van der Waals surface area contributed by atoms with Crippen LogP contribution in [0.2, 0.25) is 0 Å². The summed E-state index contributed by atoms with van der Waals surface area (Å²) in [6.45, 7) is 0.549. The summed E-state index contributed by atoms with van der Waals surface area (Å²) in [4.78, 5) is 24.6. The van der Waals surface area contributed by atoms with E-state index < -0.39 is 36.1 Å². The molecule has 212 valence electrons. The van der Waals surface area contributed by atoms with E-state index in [4.69, 9.17) is 9.47 Å². The van der Waals surface area contributed by atoms with Crippen molar-refractivity contribution in [2.24, 2.45) is 0 Å². The molecule has 6 nitrogen and oxygen atoms in total. The molecule has 0 saturated heterocycles. The molecule has 4 rings (SSSR count). The highest BCUT2D eigenvalue weighted by molar-refractivity contribution is 5.85. The van der Waals surface area contributed by atoms with Gasteiger partial charge in [0.25, 0.3) is 0 Å². The number of hydrogen-bond acceptors (Lipinski definition) is 4. The van der Waals surface area contributed by atoms with Crippen molar-refractivity contribution in [3.05, 3.63) is 131 Å². The van der Waals surface area contributed by atoms with Gasteiger partial charge in [0.05, 0.1) is 12.0 Å².